The lowest BCUT2D eigenvalue weighted by Gasteiger charge is -2.10. The number of hydrogen-bond donors (Lipinski definition) is 0. The highest BCUT2D eigenvalue weighted by Crippen LogP contribution is 2.47. The molecule has 6 heterocycles. The van der Waals surface area contributed by atoms with Crippen LogP contribution in [0.5, 0.6) is 0 Å². The summed E-state index contributed by atoms with van der Waals surface area (Å²) in [6.45, 7) is 0. The minimum Gasteiger partial charge on any atom is -0.455 e. The fraction of sp³-hybridized carbons (Fsp3) is 0. The molecule has 0 unspecified atom stereocenters. The first kappa shape index (κ1) is 35.2. The molecule has 0 spiro atoms. The van der Waals surface area contributed by atoms with E-state index in [4.69, 9.17) is 4.42 Å². The Hall–Kier alpha value is -8.16. The van der Waals surface area contributed by atoms with E-state index >= 15 is 0 Å². The smallest absolute Gasteiger partial charge is 0.145 e. The fourth-order valence-corrected chi connectivity index (χ4v) is 14.0. The standard InChI is InChI=1S/C60H33N3OS2/c1-2-12-34(13-3-1)61-48-27-22-35(62-46-18-8-4-16-42(46)56-50(62)29-25-40-37-14-6-10-20-53(37)65-59(40)56)33-45(48)55-49(61)28-24-39-44-32-36(23-31-52(44)64-58(39)55)63-47-19-9-5-17-43(47)57-51(63)30-26-41-38-15-7-11-21-54(38)66-60(41)57/h1-33H. The first-order valence-electron chi connectivity index (χ1n) is 22.4. The maximum Gasteiger partial charge on any atom is 0.145 e. The van der Waals surface area contributed by atoms with Crippen LogP contribution in [0.15, 0.2) is 205 Å². The van der Waals surface area contributed by atoms with Gasteiger partial charge >= 0.3 is 0 Å². The van der Waals surface area contributed by atoms with Crippen LogP contribution in [0.3, 0.4) is 0 Å². The molecule has 10 aromatic carbocycles. The molecule has 0 N–H and O–H groups in total. The second-order valence-corrected chi connectivity index (χ2v) is 19.7. The molecule has 0 aliphatic rings. The predicted molar refractivity (Wildman–Crippen MR) is 283 cm³/mol. The summed E-state index contributed by atoms with van der Waals surface area (Å²) in [5.74, 6) is 0. The highest BCUT2D eigenvalue weighted by atomic mass is 32.1. The third kappa shape index (κ3) is 4.52. The maximum atomic E-state index is 7.08. The van der Waals surface area contributed by atoms with Gasteiger partial charge in [0.1, 0.15) is 11.2 Å². The zero-order chi connectivity index (χ0) is 42.8. The van der Waals surface area contributed by atoms with Crippen molar-refractivity contribution in [2.75, 3.05) is 0 Å². The Labute approximate surface area is 383 Å². The van der Waals surface area contributed by atoms with Crippen LogP contribution in [0, 0.1) is 0 Å². The Morgan fingerprint density at radius 1 is 0.288 bits per heavy atom. The summed E-state index contributed by atoms with van der Waals surface area (Å²) in [5, 5.41) is 14.9. The lowest BCUT2D eigenvalue weighted by atomic mass is 10.1. The van der Waals surface area contributed by atoms with Gasteiger partial charge < -0.3 is 18.1 Å². The zero-order valence-corrected chi connectivity index (χ0v) is 36.8. The van der Waals surface area contributed by atoms with Crippen molar-refractivity contribution in [2.24, 2.45) is 0 Å². The summed E-state index contributed by atoms with van der Waals surface area (Å²) in [7, 11) is 0. The topological polar surface area (TPSA) is 27.9 Å². The predicted octanol–water partition coefficient (Wildman–Crippen LogP) is 17.6. The number of furan rings is 1. The van der Waals surface area contributed by atoms with E-state index in [1.165, 1.54) is 84.0 Å². The highest BCUT2D eigenvalue weighted by molar-refractivity contribution is 7.27. The van der Waals surface area contributed by atoms with Gasteiger partial charge in [-0.3, -0.25) is 0 Å². The normalized spacial score (nSPS) is 12.5. The molecule has 0 aliphatic heterocycles. The van der Waals surface area contributed by atoms with Gasteiger partial charge in [0.05, 0.1) is 38.5 Å². The highest BCUT2D eigenvalue weighted by Gasteiger charge is 2.23. The Kier molecular flexibility index (Phi) is 6.81. The van der Waals surface area contributed by atoms with Gasteiger partial charge in [-0.1, -0.05) is 103 Å². The van der Waals surface area contributed by atoms with Crippen LogP contribution in [0.4, 0.5) is 0 Å². The molecule has 0 aliphatic carbocycles. The van der Waals surface area contributed by atoms with Crippen LogP contribution >= 0.6 is 22.7 Å². The van der Waals surface area contributed by atoms with E-state index in [2.05, 4.69) is 214 Å². The van der Waals surface area contributed by atoms with Gasteiger partial charge in [-0.25, -0.2) is 0 Å². The number of thiophene rings is 2. The molecule has 0 saturated heterocycles. The largest absolute Gasteiger partial charge is 0.455 e. The molecule has 0 saturated carbocycles. The summed E-state index contributed by atoms with van der Waals surface area (Å²) >= 11 is 3.79. The lowest BCUT2D eigenvalue weighted by Crippen LogP contribution is -1.95. The van der Waals surface area contributed by atoms with Gasteiger partial charge in [-0.05, 0) is 97.1 Å². The monoisotopic (exact) mass is 875 g/mol. The molecule has 0 amide bonds. The van der Waals surface area contributed by atoms with Crippen LogP contribution in [0.1, 0.15) is 0 Å². The summed E-state index contributed by atoms with van der Waals surface area (Å²) in [5.41, 5.74) is 12.2. The molecule has 16 rings (SSSR count). The number of para-hydroxylation sites is 3. The van der Waals surface area contributed by atoms with Crippen molar-refractivity contribution < 1.29 is 4.42 Å². The lowest BCUT2D eigenvalue weighted by molar-refractivity contribution is 0.673. The Bertz CT molecular complexity index is 4760. The van der Waals surface area contributed by atoms with E-state index in [-0.39, 0.29) is 0 Å². The van der Waals surface area contributed by atoms with E-state index in [0.717, 1.165) is 60.8 Å². The van der Waals surface area contributed by atoms with Crippen molar-refractivity contribution in [2.45, 2.75) is 0 Å². The third-order valence-electron chi connectivity index (χ3n) is 14.2. The molecule has 0 bridgehead atoms. The number of nitrogens with zero attached hydrogens (tertiary/aromatic N) is 3. The number of benzene rings is 10. The molecule has 0 fully saturated rings. The SMILES string of the molecule is c1ccc(-n2c3ccc(-n4c5ccccc5c5c6sc7ccccc7c6ccc54)cc3c3c4oc5ccc(-n6c7ccccc7c7c8sc9ccccc9c8ccc76)cc5c4ccc32)cc1. The average molecular weight is 876 g/mol. The molecular weight excluding hydrogens is 843 g/mol. The summed E-state index contributed by atoms with van der Waals surface area (Å²) in [6, 6.07) is 73.6. The number of aromatic nitrogens is 3. The van der Waals surface area contributed by atoms with E-state index < -0.39 is 0 Å². The average Bonchev–Trinajstić information content (AvgIpc) is 4.22. The van der Waals surface area contributed by atoms with E-state index in [1.807, 2.05) is 22.7 Å². The maximum absolute atomic E-state index is 7.08. The molecule has 4 nitrogen and oxygen atoms in total. The molecule has 0 atom stereocenters. The van der Waals surface area contributed by atoms with Gasteiger partial charge in [-0.2, -0.15) is 0 Å². The Balaban J connectivity index is 0.961. The van der Waals surface area contributed by atoms with Crippen molar-refractivity contribution in [1.82, 2.24) is 13.7 Å². The van der Waals surface area contributed by atoms with Crippen LogP contribution in [-0.4, -0.2) is 13.7 Å². The van der Waals surface area contributed by atoms with E-state index in [0.29, 0.717) is 0 Å². The van der Waals surface area contributed by atoms with Gasteiger partial charge in [0, 0.05) is 95.1 Å². The second-order valence-electron chi connectivity index (χ2n) is 17.6. The van der Waals surface area contributed by atoms with Gasteiger partial charge in [-0.15, -0.1) is 22.7 Å². The van der Waals surface area contributed by atoms with Crippen LogP contribution in [0.25, 0.3) is 145 Å². The Morgan fingerprint density at radius 3 is 1.36 bits per heavy atom. The molecule has 16 aromatic rings. The summed E-state index contributed by atoms with van der Waals surface area (Å²) in [6.07, 6.45) is 0. The van der Waals surface area contributed by atoms with Crippen molar-refractivity contribution in [3.63, 3.8) is 0 Å². The summed E-state index contributed by atoms with van der Waals surface area (Å²) in [4.78, 5) is 0. The zero-order valence-electron chi connectivity index (χ0n) is 35.1. The number of fused-ring (bicyclic) bond motifs is 21. The van der Waals surface area contributed by atoms with Crippen LogP contribution in [0.2, 0.25) is 0 Å². The first-order valence-corrected chi connectivity index (χ1v) is 24.0. The summed E-state index contributed by atoms with van der Waals surface area (Å²) < 4.78 is 19.7. The second kappa shape index (κ2) is 12.8. The molecule has 306 valence electrons. The minimum atomic E-state index is 0.875. The van der Waals surface area contributed by atoms with Gasteiger partial charge in [0.2, 0.25) is 0 Å². The van der Waals surface area contributed by atoms with Crippen molar-refractivity contribution in [3.8, 4) is 17.1 Å². The van der Waals surface area contributed by atoms with Crippen LogP contribution in [-0.2, 0) is 0 Å². The van der Waals surface area contributed by atoms with Crippen LogP contribution < -0.4 is 0 Å². The quantitative estimate of drug-likeness (QED) is 0.174. The third-order valence-corrected chi connectivity index (χ3v) is 16.6. The van der Waals surface area contributed by atoms with Gasteiger partial charge in [0.15, 0.2) is 0 Å². The molecule has 6 heteroatoms. The Morgan fingerprint density at radius 2 is 0.742 bits per heavy atom. The van der Waals surface area contributed by atoms with Crippen molar-refractivity contribution in [3.05, 3.63) is 200 Å². The van der Waals surface area contributed by atoms with Crippen molar-refractivity contribution >= 4 is 150 Å². The molecule has 0 radical (unpaired) electrons. The van der Waals surface area contributed by atoms with E-state index in [9.17, 15) is 0 Å². The van der Waals surface area contributed by atoms with Crippen molar-refractivity contribution in [1.29, 1.82) is 0 Å². The fourth-order valence-electron chi connectivity index (χ4n) is 11.5. The van der Waals surface area contributed by atoms with Gasteiger partial charge in [0.25, 0.3) is 0 Å². The minimum absolute atomic E-state index is 0.875. The number of rotatable bonds is 3. The van der Waals surface area contributed by atoms with E-state index in [1.54, 1.807) is 0 Å². The molecule has 6 aromatic heterocycles. The number of hydrogen-bond acceptors (Lipinski definition) is 3. The first-order chi connectivity index (χ1) is 32.7. The molecule has 66 heavy (non-hydrogen) atoms. The molecular formula is C60H33N3OS2.